The van der Waals surface area contributed by atoms with Crippen molar-refractivity contribution >= 4 is 17.8 Å². The number of alkyl carbamates (subject to hydrolysis) is 1. The lowest BCUT2D eigenvalue weighted by Gasteiger charge is -2.30. The highest BCUT2D eigenvalue weighted by atomic mass is 19.3. The third kappa shape index (κ3) is 5.25. The molecule has 2 aromatic heterocycles. The van der Waals surface area contributed by atoms with Crippen molar-refractivity contribution in [2.45, 2.75) is 77.0 Å². The van der Waals surface area contributed by atoms with Gasteiger partial charge in [-0.05, 0) is 70.1 Å². The molecule has 1 aromatic carbocycles. The summed E-state index contributed by atoms with van der Waals surface area (Å²) in [5.41, 5.74) is 2.08. The molecule has 1 aliphatic heterocycles. The summed E-state index contributed by atoms with van der Waals surface area (Å²) >= 11 is 0. The second-order valence-corrected chi connectivity index (χ2v) is 10.8. The average molecular weight is 529 g/mol. The molecule has 2 aliphatic rings. The maximum atomic E-state index is 13.5. The second kappa shape index (κ2) is 9.80. The van der Waals surface area contributed by atoms with E-state index in [-0.39, 0.29) is 23.8 Å². The molecule has 10 nitrogen and oxygen atoms in total. The Morgan fingerprint density at radius 2 is 1.92 bits per heavy atom. The van der Waals surface area contributed by atoms with Crippen LogP contribution in [-0.4, -0.2) is 43.6 Å². The van der Waals surface area contributed by atoms with Gasteiger partial charge in [-0.25, -0.2) is 4.79 Å². The van der Waals surface area contributed by atoms with E-state index in [1.54, 1.807) is 27.8 Å². The molecule has 0 atom stereocenters. The molecule has 12 heteroatoms. The van der Waals surface area contributed by atoms with E-state index in [4.69, 9.17) is 9.15 Å². The van der Waals surface area contributed by atoms with Gasteiger partial charge in [-0.3, -0.25) is 14.4 Å². The maximum Gasteiger partial charge on any atom is 0.407 e. The van der Waals surface area contributed by atoms with Crippen molar-refractivity contribution in [3.8, 4) is 11.5 Å². The molecule has 1 N–H and O–H groups in total. The fraction of sp³-hybridized carbons (Fsp3) is 0.500. The van der Waals surface area contributed by atoms with Gasteiger partial charge in [0.1, 0.15) is 5.60 Å². The van der Waals surface area contributed by atoms with E-state index in [0.717, 1.165) is 36.8 Å². The van der Waals surface area contributed by atoms with Crippen LogP contribution in [0.5, 0.6) is 0 Å². The number of nitrogens with zero attached hydrogens (tertiary/aromatic N) is 5. The first kappa shape index (κ1) is 25.8. The summed E-state index contributed by atoms with van der Waals surface area (Å²) in [4.78, 5) is 27.3. The highest BCUT2D eigenvalue weighted by Crippen LogP contribution is 2.40. The number of halogens is 2. The fourth-order valence-corrected chi connectivity index (χ4v) is 5.06. The van der Waals surface area contributed by atoms with Gasteiger partial charge in [-0.15, -0.1) is 10.2 Å². The van der Waals surface area contributed by atoms with Crippen LogP contribution in [0.4, 0.5) is 19.4 Å². The summed E-state index contributed by atoms with van der Waals surface area (Å²) in [5, 5.41) is 14.6. The number of aromatic nitrogens is 4. The molecule has 0 spiro atoms. The van der Waals surface area contributed by atoms with Gasteiger partial charge in [0.05, 0.1) is 6.54 Å². The van der Waals surface area contributed by atoms with E-state index < -0.39 is 24.0 Å². The van der Waals surface area contributed by atoms with Crippen molar-refractivity contribution in [1.82, 2.24) is 25.3 Å². The number of carbonyl (C=O) groups excluding carboxylic acids is 2. The fourth-order valence-electron chi connectivity index (χ4n) is 5.06. The Kier molecular flexibility index (Phi) is 6.66. The quantitative estimate of drug-likeness (QED) is 0.489. The van der Waals surface area contributed by atoms with Crippen LogP contribution in [0.1, 0.15) is 86.2 Å². The molecule has 5 rings (SSSR count). The number of benzene rings is 1. The average Bonchev–Trinajstić information content (AvgIpc) is 3.56. The van der Waals surface area contributed by atoms with Crippen molar-refractivity contribution in [2.75, 3.05) is 4.90 Å². The molecule has 3 heterocycles. The number of hydrogen-bond donors (Lipinski definition) is 1. The molecule has 202 valence electrons. The van der Waals surface area contributed by atoms with Crippen LogP contribution in [0.2, 0.25) is 0 Å². The van der Waals surface area contributed by atoms with Gasteiger partial charge in [0.15, 0.2) is 5.82 Å². The van der Waals surface area contributed by atoms with Crippen molar-refractivity contribution in [2.24, 2.45) is 7.05 Å². The summed E-state index contributed by atoms with van der Waals surface area (Å²) in [6, 6.07) is 5.07. The van der Waals surface area contributed by atoms with Crippen LogP contribution in [0.25, 0.3) is 11.5 Å². The number of amides is 2. The SMILES string of the molecule is Cn1cc(C2CCC(NC(=O)OC(C)(C)C)CC2)c(N2Cc3ccc(-c4nnc(C(F)F)o4)cc3C2=O)n1. The topological polar surface area (TPSA) is 115 Å². The van der Waals surface area contributed by atoms with E-state index in [0.29, 0.717) is 23.5 Å². The highest BCUT2D eigenvalue weighted by Gasteiger charge is 2.35. The number of alkyl halides is 2. The Morgan fingerprint density at radius 1 is 1.18 bits per heavy atom. The zero-order valence-corrected chi connectivity index (χ0v) is 21.7. The molecule has 38 heavy (non-hydrogen) atoms. The summed E-state index contributed by atoms with van der Waals surface area (Å²) in [7, 11) is 1.82. The Labute approximate surface area is 218 Å². The van der Waals surface area contributed by atoms with Crippen molar-refractivity contribution in [1.29, 1.82) is 0 Å². The largest absolute Gasteiger partial charge is 0.444 e. The number of nitrogens with one attached hydrogen (secondary N) is 1. The second-order valence-electron chi connectivity index (χ2n) is 10.8. The number of fused-ring (bicyclic) bond motifs is 1. The molecule has 0 unspecified atom stereocenters. The zero-order valence-electron chi connectivity index (χ0n) is 21.7. The molecular weight excluding hydrogens is 498 g/mol. The highest BCUT2D eigenvalue weighted by molar-refractivity contribution is 6.10. The van der Waals surface area contributed by atoms with Crippen LogP contribution < -0.4 is 10.2 Å². The molecular formula is C26H30F2N6O4. The molecule has 3 aromatic rings. The number of aryl methyl sites for hydroxylation is 1. The lowest BCUT2D eigenvalue weighted by molar-refractivity contribution is 0.0491. The van der Waals surface area contributed by atoms with Gasteiger partial charge in [0.2, 0.25) is 5.89 Å². The van der Waals surface area contributed by atoms with Gasteiger partial charge < -0.3 is 14.5 Å². The number of carbonyl (C=O) groups is 2. The lowest BCUT2D eigenvalue weighted by atomic mass is 9.82. The van der Waals surface area contributed by atoms with E-state index >= 15 is 0 Å². The minimum atomic E-state index is -2.87. The Morgan fingerprint density at radius 3 is 2.58 bits per heavy atom. The van der Waals surface area contributed by atoms with E-state index in [1.807, 2.05) is 34.0 Å². The van der Waals surface area contributed by atoms with Gasteiger partial charge >= 0.3 is 12.5 Å². The first-order valence-corrected chi connectivity index (χ1v) is 12.6. The van der Waals surface area contributed by atoms with E-state index in [2.05, 4.69) is 20.6 Å². The van der Waals surface area contributed by atoms with E-state index in [1.165, 1.54) is 0 Å². The first-order valence-electron chi connectivity index (χ1n) is 12.6. The molecule has 1 saturated carbocycles. The van der Waals surface area contributed by atoms with Crippen LogP contribution in [0.15, 0.2) is 28.8 Å². The lowest BCUT2D eigenvalue weighted by Crippen LogP contribution is -2.40. The molecule has 1 aliphatic carbocycles. The smallest absolute Gasteiger partial charge is 0.407 e. The predicted molar refractivity (Wildman–Crippen MR) is 133 cm³/mol. The van der Waals surface area contributed by atoms with Crippen molar-refractivity contribution in [3.05, 3.63) is 47.0 Å². The standard InChI is InChI=1S/C26H30F2N6O4/c1-26(2,3)38-25(36)29-17-9-7-14(8-10-17)19-13-33(4)32-21(19)34-12-16-6-5-15(11-18(16)24(34)35)22-30-31-23(37-22)20(27)28/h5-6,11,13-14,17,20H,7-10,12H2,1-4H3,(H,29,36). The maximum absolute atomic E-state index is 13.5. The molecule has 0 radical (unpaired) electrons. The zero-order chi connectivity index (χ0) is 27.2. The summed E-state index contributed by atoms with van der Waals surface area (Å²) in [5.74, 6) is -0.256. The van der Waals surface area contributed by atoms with Gasteiger partial charge in [0.25, 0.3) is 11.8 Å². The third-order valence-electron chi connectivity index (χ3n) is 6.77. The summed E-state index contributed by atoms with van der Waals surface area (Å²) in [6.45, 7) is 5.85. The van der Waals surface area contributed by atoms with Crippen LogP contribution in [-0.2, 0) is 18.3 Å². The summed E-state index contributed by atoms with van der Waals surface area (Å²) in [6.07, 6.45) is 1.93. The van der Waals surface area contributed by atoms with Gasteiger partial charge in [-0.1, -0.05) is 6.07 Å². The third-order valence-corrected chi connectivity index (χ3v) is 6.77. The van der Waals surface area contributed by atoms with Gasteiger partial charge in [0, 0.05) is 36.0 Å². The molecule has 1 fully saturated rings. The van der Waals surface area contributed by atoms with Crippen LogP contribution in [0, 0.1) is 0 Å². The van der Waals surface area contributed by atoms with Gasteiger partial charge in [-0.2, -0.15) is 13.9 Å². The minimum Gasteiger partial charge on any atom is -0.444 e. The Balaban J connectivity index is 1.30. The number of ether oxygens (including phenoxy) is 1. The number of rotatable bonds is 5. The molecule has 0 saturated heterocycles. The Hall–Kier alpha value is -3.83. The number of anilines is 1. The van der Waals surface area contributed by atoms with E-state index in [9.17, 15) is 18.4 Å². The normalized spacial score (nSPS) is 19.7. The predicted octanol–water partition coefficient (Wildman–Crippen LogP) is 5.12. The Bertz CT molecular complexity index is 1350. The van der Waals surface area contributed by atoms with Crippen molar-refractivity contribution in [3.63, 3.8) is 0 Å². The van der Waals surface area contributed by atoms with Crippen LogP contribution in [0.3, 0.4) is 0 Å². The van der Waals surface area contributed by atoms with Crippen LogP contribution >= 0.6 is 0 Å². The monoisotopic (exact) mass is 528 g/mol. The minimum absolute atomic E-state index is 0.0348. The number of hydrogen-bond acceptors (Lipinski definition) is 7. The molecule has 0 bridgehead atoms. The molecule has 2 amide bonds. The summed E-state index contributed by atoms with van der Waals surface area (Å²) < 4.78 is 37.8. The first-order chi connectivity index (χ1) is 18.0. The van der Waals surface area contributed by atoms with Crippen molar-refractivity contribution < 1.29 is 27.5 Å².